The molecule has 2 fully saturated rings. The van der Waals surface area contributed by atoms with E-state index >= 15 is 0 Å². The van der Waals surface area contributed by atoms with Crippen molar-refractivity contribution in [3.63, 3.8) is 0 Å². The summed E-state index contributed by atoms with van der Waals surface area (Å²) in [7, 11) is 0. The smallest absolute Gasteiger partial charge is 0.139 e. The molecule has 4 heteroatoms. The number of hydrogen-bond acceptors (Lipinski definition) is 3. The molecule has 0 aromatic carbocycles. The molecule has 0 spiro atoms. The van der Waals surface area contributed by atoms with Crippen LogP contribution in [-0.2, 0) is 0 Å². The molecule has 0 saturated heterocycles. The van der Waals surface area contributed by atoms with Crippen molar-refractivity contribution in [3.05, 3.63) is 0 Å². The summed E-state index contributed by atoms with van der Waals surface area (Å²) in [5.74, 6) is 1.27. The molecule has 0 aromatic heterocycles. The topological polar surface area (TPSA) is 70.6 Å². The zero-order chi connectivity index (χ0) is 13.0. The normalized spacial score (nSPS) is 31.9. The molecule has 0 aromatic rings. The summed E-state index contributed by atoms with van der Waals surface area (Å²) in [5.41, 5.74) is 5.91. The van der Waals surface area contributed by atoms with Crippen molar-refractivity contribution in [2.24, 2.45) is 22.2 Å². The van der Waals surface area contributed by atoms with Gasteiger partial charge in [-0.05, 0) is 43.4 Å². The maximum atomic E-state index is 8.65. The van der Waals surface area contributed by atoms with E-state index in [1.807, 2.05) is 0 Å². The Bertz CT molecular complexity index is 299. The maximum Gasteiger partial charge on any atom is 0.139 e. The van der Waals surface area contributed by atoms with Crippen LogP contribution in [0.15, 0.2) is 5.16 Å². The Morgan fingerprint density at radius 2 is 2.11 bits per heavy atom. The van der Waals surface area contributed by atoms with Crippen LogP contribution in [0.4, 0.5) is 0 Å². The fraction of sp³-hybridized carbons (Fsp3) is 0.929. The Morgan fingerprint density at radius 1 is 1.33 bits per heavy atom. The third kappa shape index (κ3) is 3.87. The van der Waals surface area contributed by atoms with Gasteiger partial charge in [0.25, 0.3) is 0 Å². The number of nitrogens with one attached hydrogen (secondary N) is 1. The Balaban J connectivity index is 1.74. The highest BCUT2D eigenvalue weighted by molar-refractivity contribution is 5.80. The highest BCUT2D eigenvalue weighted by Gasteiger charge is 2.43. The number of rotatable bonds is 5. The summed E-state index contributed by atoms with van der Waals surface area (Å²) in [6, 6.07) is 0.680. The van der Waals surface area contributed by atoms with Gasteiger partial charge in [-0.3, -0.25) is 0 Å². The standard InChI is InChI=1S/C14H27N3O/c1-11-3-2-4-12(6-5-11)16-10-14(7-8-14)9-13(15)17-18/h11-12,16,18H,2-10H2,1H3,(H2,15,17). The summed E-state index contributed by atoms with van der Waals surface area (Å²) in [4.78, 5) is 0. The molecule has 104 valence electrons. The van der Waals surface area contributed by atoms with Crippen LogP contribution >= 0.6 is 0 Å². The lowest BCUT2D eigenvalue weighted by molar-refractivity contribution is 0.313. The van der Waals surface area contributed by atoms with Crippen LogP contribution in [0.3, 0.4) is 0 Å². The third-order valence-corrected chi connectivity index (χ3v) is 4.66. The number of amidine groups is 1. The molecule has 2 unspecified atom stereocenters. The molecule has 2 rings (SSSR count). The van der Waals surface area contributed by atoms with Crippen LogP contribution in [0.25, 0.3) is 0 Å². The van der Waals surface area contributed by atoms with Gasteiger partial charge in [0.2, 0.25) is 0 Å². The summed E-state index contributed by atoms with van der Waals surface area (Å²) >= 11 is 0. The molecular formula is C14H27N3O. The van der Waals surface area contributed by atoms with E-state index in [4.69, 9.17) is 10.9 Å². The maximum absolute atomic E-state index is 8.65. The zero-order valence-corrected chi connectivity index (χ0v) is 11.5. The van der Waals surface area contributed by atoms with E-state index in [0.717, 1.165) is 18.9 Å². The van der Waals surface area contributed by atoms with Crippen molar-refractivity contribution in [2.45, 2.75) is 64.3 Å². The van der Waals surface area contributed by atoms with Crippen molar-refractivity contribution in [1.29, 1.82) is 0 Å². The SMILES string of the molecule is CC1CCCC(NCC2(CC(N)=NO)CC2)CC1. The largest absolute Gasteiger partial charge is 0.409 e. The Hall–Kier alpha value is -0.770. The molecule has 0 amide bonds. The van der Waals surface area contributed by atoms with Crippen LogP contribution in [0, 0.1) is 11.3 Å². The lowest BCUT2D eigenvalue weighted by Gasteiger charge is -2.21. The molecule has 2 atom stereocenters. The first-order valence-electron chi connectivity index (χ1n) is 7.33. The molecule has 0 radical (unpaired) electrons. The van der Waals surface area contributed by atoms with Crippen molar-refractivity contribution >= 4 is 5.84 Å². The highest BCUT2D eigenvalue weighted by Crippen LogP contribution is 2.48. The van der Waals surface area contributed by atoms with Gasteiger partial charge in [-0.15, -0.1) is 0 Å². The second kappa shape index (κ2) is 5.91. The second-order valence-electron chi connectivity index (χ2n) is 6.46. The van der Waals surface area contributed by atoms with Gasteiger partial charge in [-0.25, -0.2) is 0 Å². The van der Waals surface area contributed by atoms with E-state index in [9.17, 15) is 0 Å². The van der Waals surface area contributed by atoms with Crippen LogP contribution in [0.5, 0.6) is 0 Å². The zero-order valence-electron chi connectivity index (χ0n) is 11.5. The van der Waals surface area contributed by atoms with Gasteiger partial charge in [0.15, 0.2) is 0 Å². The van der Waals surface area contributed by atoms with Gasteiger partial charge in [0.05, 0.1) is 0 Å². The average Bonchev–Trinajstić information content (AvgIpc) is 3.13. The van der Waals surface area contributed by atoms with Crippen LogP contribution < -0.4 is 11.1 Å². The minimum Gasteiger partial charge on any atom is -0.409 e. The number of nitrogens with zero attached hydrogens (tertiary/aromatic N) is 1. The summed E-state index contributed by atoms with van der Waals surface area (Å²) in [6.45, 7) is 3.39. The first-order chi connectivity index (χ1) is 8.63. The van der Waals surface area contributed by atoms with Crippen LogP contribution in [0.1, 0.15) is 58.3 Å². The van der Waals surface area contributed by atoms with E-state index in [1.165, 1.54) is 44.9 Å². The molecule has 2 saturated carbocycles. The average molecular weight is 253 g/mol. The summed E-state index contributed by atoms with van der Waals surface area (Å²) in [6.07, 6.45) is 9.85. The van der Waals surface area contributed by atoms with Gasteiger partial charge in [-0.1, -0.05) is 24.9 Å². The minimum atomic E-state index is 0.286. The molecular weight excluding hydrogens is 226 g/mol. The first kappa shape index (κ1) is 13.7. The lowest BCUT2D eigenvalue weighted by Crippen LogP contribution is -2.35. The third-order valence-electron chi connectivity index (χ3n) is 4.66. The van der Waals surface area contributed by atoms with E-state index in [-0.39, 0.29) is 5.41 Å². The number of hydrogen-bond donors (Lipinski definition) is 3. The Labute approximate surface area is 110 Å². The predicted octanol–water partition coefficient (Wildman–Crippen LogP) is 2.46. The van der Waals surface area contributed by atoms with Crippen LogP contribution in [-0.4, -0.2) is 23.6 Å². The minimum absolute atomic E-state index is 0.286. The molecule has 0 bridgehead atoms. The van der Waals surface area contributed by atoms with E-state index in [0.29, 0.717) is 11.9 Å². The first-order valence-corrected chi connectivity index (χ1v) is 7.33. The highest BCUT2D eigenvalue weighted by atomic mass is 16.4. The fourth-order valence-corrected chi connectivity index (χ4v) is 3.06. The van der Waals surface area contributed by atoms with Crippen molar-refractivity contribution in [2.75, 3.05) is 6.54 Å². The van der Waals surface area contributed by atoms with Gasteiger partial charge >= 0.3 is 0 Å². The van der Waals surface area contributed by atoms with E-state index in [1.54, 1.807) is 0 Å². The Morgan fingerprint density at radius 3 is 2.78 bits per heavy atom. The lowest BCUT2D eigenvalue weighted by atomic mass is 10.00. The quantitative estimate of drug-likeness (QED) is 0.232. The molecule has 4 nitrogen and oxygen atoms in total. The molecule has 4 N–H and O–H groups in total. The monoisotopic (exact) mass is 253 g/mol. The number of nitrogens with two attached hydrogens (primary N) is 1. The van der Waals surface area contributed by atoms with E-state index < -0.39 is 0 Å². The van der Waals surface area contributed by atoms with Crippen LogP contribution in [0.2, 0.25) is 0 Å². The summed E-state index contributed by atoms with van der Waals surface area (Å²) < 4.78 is 0. The fourth-order valence-electron chi connectivity index (χ4n) is 3.06. The second-order valence-corrected chi connectivity index (χ2v) is 6.46. The van der Waals surface area contributed by atoms with Crippen molar-refractivity contribution in [1.82, 2.24) is 5.32 Å². The Kier molecular flexibility index (Phi) is 4.49. The molecule has 2 aliphatic carbocycles. The van der Waals surface area contributed by atoms with Gasteiger partial charge in [0, 0.05) is 19.0 Å². The molecule has 18 heavy (non-hydrogen) atoms. The predicted molar refractivity (Wildman–Crippen MR) is 73.7 cm³/mol. The van der Waals surface area contributed by atoms with Gasteiger partial charge in [0.1, 0.15) is 5.84 Å². The summed E-state index contributed by atoms with van der Waals surface area (Å²) in [5, 5.41) is 15.5. The van der Waals surface area contributed by atoms with Gasteiger partial charge < -0.3 is 16.3 Å². The molecule has 0 heterocycles. The molecule has 0 aliphatic heterocycles. The van der Waals surface area contributed by atoms with Gasteiger partial charge in [-0.2, -0.15) is 0 Å². The van der Waals surface area contributed by atoms with Crippen molar-refractivity contribution in [3.8, 4) is 0 Å². The van der Waals surface area contributed by atoms with Crippen molar-refractivity contribution < 1.29 is 5.21 Å². The van der Waals surface area contributed by atoms with E-state index in [2.05, 4.69) is 17.4 Å². The number of oxime groups is 1. The molecule has 2 aliphatic rings.